The molecule has 2 rings (SSSR count). The van der Waals surface area contributed by atoms with E-state index in [1.165, 1.54) is 29.5 Å². The van der Waals surface area contributed by atoms with Crippen molar-refractivity contribution in [3.05, 3.63) is 0 Å². The lowest BCUT2D eigenvalue weighted by molar-refractivity contribution is -0.131. The second-order valence-corrected chi connectivity index (χ2v) is 6.36. The van der Waals surface area contributed by atoms with Gasteiger partial charge in [-0.1, -0.05) is 23.1 Å². The zero-order chi connectivity index (χ0) is 12.3. The number of nitrogens with two attached hydrogens (primary N) is 1. The Balaban J connectivity index is 1.84. The van der Waals surface area contributed by atoms with Crippen LogP contribution in [0.5, 0.6) is 0 Å². The van der Waals surface area contributed by atoms with Crippen molar-refractivity contribution in [2.75, 3.05) is 18.0 Å². The van der Waals surface area contributed by atoms with Crippen molar-refractivity contribution in [2.24, 2.45) is 0 Å². The predicted octanol–water partition coefficient (Wildman–Crippen LogP) is 1.61. The van der Waals surface area contributed by atoms with Crippen LogP contribution < -0.4 is 5.73 Å². The first-order chi connectivity index (χ1) is 8.16. The van der Waals surface area contributed by atoms with Gasteiger partial charge in [0.15, 0.2) is 4.34 Å². The summed E-state index contributed by atoms with van der Waals surface area (Å²) in [6, 6.07) is 0.372. The van der Waals surface area contributed by atoms with Gasteiger partial charge in [-0.3, -0.25) is 4.79 Å². The molecule has 0 saturated carbocycles. The third kappa shape index (κ3) is 3.32. The average molecular weight is 272 g/mol. The molecular formula is C10H16N4OS2. The van der Waals surface area contributed by atoms with E-state index in [2.05, 4.69) is 17.1 Å². The fourth-order valence-electron chi connectivity index (χ4n) is 1.95. The van der Waals surface area contributed by atoms with Gasteiger partial charge in [0.25, 0.3) is 0 Å². The quantitative estimate of drug-likeness (QED) is 0.846. The van der Waals surface area contributed by atoms with Crippen LogP contribution in [0.1, 0.15) is 26.2 Å². The van der Waals surface area contributed by atoms with E-state index in [4.69, 9.17) is 5.73 Å². The molecule has 1 saturated heterocycles. The number of likely N-dealkylation sites (tertiary alicyclic amines) is 1. The van der Waals surface area contributed by atoms with Crippen molar-refractivity contribution in [2.45, 2.75) is 36.6 Å². The molecule has 0 bridgehead atoms. The first kappa shape index (κ1) is 12.6. The Labute approximate surface area is 109 Å². The van der Waals surface area contributed by atoms with Gasteiger partial charge in [-0.2, -0.15) is 0 Å². The van der Waals surface area contributed by atoms with E-state index < -0.39 is 0 Å². The van der Waals surface area contributed by atoms with Gasteiger partial charge < -0.3 is 10.6 Å². The molecule has 0 aromatic carbocycles. The van der Waals surface area contributed by atoms with Crippen molar-refractivity contribution in [3.63, 3.8) is 0 Å². The number of piperidine rings is 1. The number of hydrogen-bond acceptors (Lipinski definition) is 6. The summed E-state index contributed by atoms with van der Waals surface area (Å²) in [7, 11) is 0. The predicted molar refractivity (Wildman–Crippen MR) is 70.1 cm³/mol. The topological polar surface area (TPSA) is 72.1 Å². The van der Waals surface area contributed by atoms with Crippen molar-refractivity contribution in [1.29, 1.82) is 0 Å². The van der Waals surface area contributed by atoms with Crippen molar-refractivity contribution >= 4 is 34.1 Å². The first-order valence-corrected chi connectivity index (χ1v) is 7.48. The number of rotatable bonds is 3. The van der Waals surface area contributed by atoms with Gasteiger partial charge in [0, 0.05) is 12.6 Å². The lowest BCUT2D eigenvalue weighted by Gasteiger charge is -2.33. The molecule has 2 heterocycles. The molecule has 1 aromatic heterocycles. The maximum absolute atomic E-state index is 12.0. The minimum atomic E-state index is 0.191. The highest BCUT2D eigenvalue weighted by Crippen LogP contribution is 2.25. The van der Waals surface area contributed by atoms with E-state index in [9.17, 15) is 4.79 Å². The van der Waals surface area contributed by atoms with Crippen LogP contribution in [0.3, 0.4) is 0 Å². The zero-order valence-electron chi connectivity index (χ0n) is 9.76. The molecule has 0 radical (unpaired) electrons. The summed E-state index contributed by atoms with van der Waals surface area (Å²) in [4.78, 5) is 14.0. The Hall–Kier alpha value is -0.820. The Morgan fingerprint density at radius 3 is 3.06 bits per heavy atom. The van der Waals surface area contributed by atoms with E-state index in [1.807, 2.05) is 4.90 Å². The fraction of sp³-hybridized carbons (Fsp3) is 0.700. The molecule has 1 unspecified atom stereocenters. The molecule has 94 valence electrons. The molecular weight excluding hydrogens is 256 g/mol. The molecule has 0 aliphatic carbocycles. The van der Waals surface area contributed by atoms with Gasteiger partial charge in [-0.15, -0.1) is 10.2 Å². The number of carbonyl (C=O) groups is 1. The molecule has 1 fully saturated rings. The van der Waals surface area contributed by atoms with Crippen LogP contribution in [0.2, 0.25) is 0 Å². The Kier molecular flexibility index (Phi) is 4.22. The number of nitrogens with zero attached hydrogens (tertiary/aromatic N) is 3. The molecule has 1 aromatic rings. The van der Waals surface area contributed by atoms with Gasteiger partial charge in [0.2, 0.25) is 11.0 Å². The SMILES string of the molecule is CC1CCCCN1C(=O)CSc1nnc(N)s1. The standard InChI is InChI=1S/C10H16N4OS2/c1-7-4-2-3-5-14(7)8(15)6-16-10-13-12-9(11)17-10/h7H,2-6H2,1H3,(H2,11,12). The molecule has 5 nitrogen and oxygen atoms in total. The number of hydrogen-bond donors (Lipinski definition) is 1. The van der Waals surface area contributed by atoms with Crippen LogP contribution >= 0.6 is 23.1 Å². The Morgan fingerprint density at radius 2 is 2.41 bits per heavy atom. The highest BCUT2D eigenvalue weighted by atomic mass is 32.2. The van der Waals surface area contributed by atoms with Crippen molar-refractivity contribution in [1.82, 2.24) is 15.1 Å². The number of carbonyl (C=O) groups excluding carboxylic acids is 1. The number of anilines is 1. The third-order valence-corrected chi connectivity index (χ3v) is 4.74. The van der Waals surface area contributed by atoms with E-state index in [-0.39, 0.29) is 5.91 Å². The van der Waals surface area contributed by atoms with E-state index in [0.29, 0.717) is 16.9 Å². The average Bonchev–Trinajstić information content (AvgIpc) is 2.73. The van der Waals surface area contributed by atoms with Gasteiger partial charge in [0.1, 0.15) is 0 Å². The van der Waals surface area contributed by atoms with Crippen LogP contribution in [0, 0.1) is 0 Å². The molecule has 0 spiro atoms. The molecule has 2 N–H and O–H groups in total. The monoisotopic (exact) mass is 272 g/mol. The van der Waals surface area contributed by atoms with Gasteiger partial charge in [0.05, 0.1) is 5.75 Å². The van der Waals surface area contributed by atoms with Crippen LogP contribution in [-0.2, 0) is 4.79 Å². The second kappa shape index (κ2) is 5.68. The summed E-state index contributed by atoms with van der Waals surface area (Å²) in [5.41, 5.74) is 5.49. The highest BCUT2D eigenvalue weighted by Gasteiger charge is 2.23. The summed E-state index contributed by atoms with van der Waals surface area (Å²) < 4.78 is 0.764. The highest BCUT2D eigenvalue weighted by molar-refractivity contribution is 8.01. The summed E-state index contributed by atoms with van der Waals surface area (Å²) in [6.45, 7) is 3.00. The Morgan fingerprint density at radius 1 is 1.59 bits per heavy atom. The molecule has 1 aliphatic rings. The smallest absolute Gasteiger partial charge is 0.233 e. The van der Waals surface area contributed by atoms with Crippen molar-refractivity contribution < 1.29 is 4.79 Å². The minimum absolute atomic E-state index is 0.191. The minimum Gasteiger partial charge on any atom is -0.374 e. The fourth-order valence-corrected chi connectivity index (χ4v) is 3.48. The molecule has 1 amide bonds. The van der Waals surface area contributed by atoms with E-state index in [1.54, 1.807) is 0 Å². The summed E-state index contributed by atoms with van der Waals surface area (Å²) in [5.74, 6) is 0.620. The van der Waals surface area contributed by atoms with Gasteiger partial charge in [-0.05, 0) is 26.2 Å². The summed E-state index contributed by atoms with van der Waals surface area (Å²) in [5, 5.41) is 8.06. The maximum atomic E-state index is 12.0. The molecule has 1 atom stereocenters. The van der Waals surface area contributed by atoms with Gasteiger partial charge in [-0.25, -0.2) is 0 Å². The van der Waals surface area contributed by atoms with Crippen LogP contribution in [0.15, 0.2) is 4.34 Å². The number of thioether (sulfide) groups is 1. The lowest BCUT2D eigenvalue weighted by atomic mass is 10.0. The zero-order valence-corrected chi connectivity index (χ0v) is 11.4. The van der Waals surface area contributed by atoms with E-state index >= 15 is 0 Å². The van der Waals surface area contributed by atoms with Gasteiger partial charge >= 0.3 is 0 Å². The molecule has 1 aliphatic heterocycles. The largest absolute Gasteiger partial charge is 0.374 e. The van der Waals surface area contributed by atoms with Crippen LogP contribution in [0.4, 0.5) is 5.13 Å². The lowest BCUT2D eigenvalue weighted by Crippen LogP contribution is -2.42. The van der Waals surface area contributed by atoms with E-state index in [0.717, 1.165) is 23.7 Å². The summed E-state index contributed by atoms with van der Waals surface area (Å²) in [6.07, 6.45) is 3.46. The number of amides is 1. The number of nitrogen functional groups attached to an aromatic ring is 1. The van der Waals surface area contributed by atoms with Crippen LogP contribution in [-0.4, -0.2) is 39.3 Å². The second-order valence-electron chi connectivity index (χ2n) is 4.13. The first-order valence-electron chi connectivity index (χ1n) is 5.68. The normalized spacial score (nSPS) is 20.5. The number of aromatic nitrogens is 2. The molecule has 17 heavy (non-hydrogen) atoms. The van der Waals surface area contributed by atoms with Crippen molar-refractivity contribution in [3.8, 4) is 0 Å². The summed E-state index contributed by atoms with van der Waals surface area (Å²) >= 11 is 2.74. The third-order valence-electron chi connectivity index (χ3n) is 2.86. The maximum Gasteiger partial charge on any atom is 0.233 e. The van der Waals surface area contributed by atoms with Crippen LogP contribution in [0.25, 0.3) is 0 Å². The Bertz CT molecular complexity index is 395. The molecule has 7 heteroatoms.